The molecule has 1 N–H and O–H groups in total. The van der Waals surface area contributed by atoms with E-state index in [9.17, 15) is 4.79 Å². The molecule has 2 aromatic rings. The quantitative estimate of drug-likeness (QED) is 0.618. The third-order valence-electron chi connectivity index (χ3n) is 3.76. The van der Waals surface area contributed by atoms with Crippen molar-refractivity contribution in [1.29, 1.82) is 0 Å². The van der Waals surface area contributed by atoms with Gasteiger partial charge in [0.15, 0.2) is 0 Å². The number of carbonyl (C=O) groups is 1. The molecule has 0 spiro atoms. The molecule has 1 aromatic carbocycles. The number of rotatable bonds is 10. The van der Waals surface area contributed by atoms with E-state index in [1.165, 1.54) is 41.0 Å². The van der Waals surface area contributed by atoms with Gasteiger partial charge in [0.1, 0.15) is 0 Å². The molecule has 118 valence electrons. The first-order chi connectivity index (χ1) is 10.7. The molecule has 0 bridgehead atoms. The average Bonchev–Trinajstić information content (AvgIpc) is 2.95. The monoisotopic (exact) mass is 316 g/mol. The Hall–Kier alpha value is -1.61. The summed E-state index contributed by atoms with van der Waals surface area (Å²) in [4.78, 5) is 13.3. The second-order valence-electron chi connectivity index (χ2n) is 5.66. The highest BCUT2D eigenvalue weighted by Crippen LogP contribution is 2.21. The van der Waals surface area contributed by atoms with Crippen LogP contribution in [0.3, 0.4) is 0 Å². The van der Waals surface area contributed by atoms with E-state index in [0.29, 0.717) is 0 Å². The molecule has 0 amide bonds. The molecule has 0 saturated heterocycles. The van der Waals surface area contributed by atoms with Crippen molar-refractivity contribution in [1.82, 2.24) is 0 Å². The summed E-state index contributed by atoms with van der Waals surface area (Å²) in [5.41, 5.74) is 1.43. The van der Waals surface area contributed by atoms with Gasteiger partial charge < -0.3 is 5.11 Å². The van der Waals surface area contributed by atoms with Crippen LogP contribution in [0.5, 0.6) is 0 Å². The molecule has 0 unspecified atom stereocenters. The number of thiophene rings is 1. The standard InChI is InChI=1S/C19H24O2S/c20-19(21)13-7-12-18-15-14-17(22-18)11-6-2-5-10-16-8-3-1-4-9-16/h1,3-4,8-9,14-15H,2,5-7,10-13H2,(H,20,21). The fourth-order valence-electron chi connectivity index (χ4n) is 2.55. The third kappa shape index (κ3) is 6.44. The molecule has 1 heterocycles. The molecule has 0 aliphatic rings. The maximum absolute atomic E-state index is 10.5. The van der Waals surface area contributed by atoms with Crippen LogP contribution < -0.4 is 0 Å². The molecule has 0 aliphatic carbocycles. The van der Waals surface area contributed by atoms with Crippen LogP contribution in [0.1, 0.15) is 47.4 Å². The highest BCUT2D eigenvalue weighted by Gasteiger charge is 2.03. The lowest BCUT2D eigenvalue weighted by molar-refractivity contribution is -0.137. The molecule has 2 rings (SSSR count). The van der Waals surface area contributed by atoms with E-state index < -0.39 is 5.97 Å². The Morgan fingerprint density at radius 2 is 1.45 bits per heavy atom. The van der Waals surface area contributed by atoms with Crippen LogP contribution >= 0.6 is 11.3 Å². The number of hydrogen-bond donors (Lipinski definition) is 1. The largest absolute Gasteiger partial charge is 0.481 e. The number of carboxylic acids is 1. The molecule has 22 heavy (non-hydrogen) atoms. The number of hydrogen-bond acceptors (Lipinski definition) is 2. The van der Waals surface area contributed by atoms with Crippen LogP contribution in [0.2, 0.25) is 0 Å². The van der Waals surface area contributed by atoms with Crippen molar-refractivity contribution in [2.24, 2.45) is 0 Å². The minimum absolute atomic E-state index is 0.271. The number of aliphatic carboxylic acids is 1. The van der Waals surface area contributed by atoms with Gasteiger partial charge in [-0.1, -0.05) is 36.8 Å². The fourth-order valence-corrected chi connectivity index (χ4v) is 3.66. The van der Waals surface area contributed by atoms with Crippen LogP contribution in [0.4, 0.5) is 0 Å². The van der Waals surface area contributed by atoms with Crippen molar-refractivity contribution in [3.05, 3.63) is 57.8 Å². The predicted molar refractivity (Wildman–Crippen MR) is 92.6 cm³/mol. The lowest BCUT2D eigenvalue weighted by atomic mass is 10.1. The zero-order valence-corrected chi connectivity index (χ0v) is 13.8. The normalized spacial score (nSPS) is 10.7. The van der Waals surface area contributed by atoms with Gasteiger partial charge in [-0.05, 0) is 56.2 Å². The van der Waals surface area contributed by atoms with Gasteiger partial charge in [0.05, 0.1) is 0 Å². The molecule has 0 aliphatic heterocycles. The molecule has 0 radical (unpaired) electrons. The summed E-state index contributed by atoms with van der Waals surface area (Å²) >= 11 is 1.85. The van der Waals surface area contributed by atoms with Crippen LogP contribution in [0, 0.1) is 0 Å². The average molecular weight is 316 g/mol. The number of unbranched alkanes of at least 4 members (excludes halogenated alkanes) is 2. The molecule has 3 heteroatoms. The predicted octanol–water partition coefficient (Wildman–Crippen LogP) is 5.11. The van der Waals surface area contributed by atoms with Crippen molar-refractivity contribution in [3.8, 4) is 0 Å². The minimum atomic E-state index is -0.699. The van der Waals surface area contributed by atoms with Gasteiger partial charge in [0.25, 0.3) is 0 Å². The highest BCUT2D eigenvalue weighted by molar-refractivity contribution is 7.11. The molecular formula is C19H24O2S. The van der Waals surface area contributed by atoms with Crippen molar-refractivity contribution in [2.45, 2.75) is 51.4 Å². The summed E-state index contributed by atoms with van der Waals surface area (Å²) in [5.74, 6) is -0.699. The van der Waals surface area contributed by atoms with Gasteiger partial charge in [0, 0.05) is 16.2 Å². The second kappa shape index (κ2) is 9.42. The summed E-state index contributed by atoms with van der Waals surface area (Å²) in [6.45, 7) is 0. The van der Waals surface area contributed by atoms with Gasteiger partial charge in [0.2, 0.25) is 0 Å². The molecular weight excluding hydrogens is 292 g/mol. The lowest BCUT2D eigenvalue weighted by Gasteiger charge is -2.01. The molecule has 0 atom stereocenters. The topological polar surface area (TPSA) is 37.3 Å². The zero-order valence-electron chi connectivity index (χ0n) is 13.0. The molecule has 1 aromatic heterocycles. The van der Waals surface area contributed by atoms with Crippen LogP contribution in [0.25, 0.3) is 0 Å². The summed E-state index contributed by atoms with van der Waals surface area (Å²) in [7, 11) is 0. The van der Waals surface area contributed by atoms with E-state index in [1.807, 2.05) is 11.3 Å². The van der Waals surface area contributed by atoms with Crippen LogP contribution in [-0.2, 0) is 24.1 Å². The Bertz CT molecular complexity index is 560. The van der Waals surface area contributed by atoms with Gasteiger partial charge >= 0.3 is 5.97 Å². The van der Waals surface area contributed by atoms with Crippen molar-refractivity contribution in [3.63, 3.8) is 0 Å². The zero-order chi connectivity index (χ0) is 15.6. The van der Waals surface area contributed by atoms with E-state index in [1.54, 1.807) is 0 Å². The van der Waals surface area contributed by atoms with Gasteiger partial charge in [-0.3, -0.25) is 4.79 Å². The Morgan fingerprint density at radius 1 is 0.818 bits per heavy atom. The fraction of sp³-hybridized carbons (Fsp3) is 0.421. The first kappa shape index (κ1) is 16.8. The van der Waals surface area contributed by atoms with Crippen molar-refractivity contribution in [2.75, 3.05) is 0 Å². The Balaban J connectivity index is 1.59. The maximum atomic E-state index is 10.5. The van der Waals surface area contributed by atoms with Gasteiger partial charge in [-0.25, -0.2) is 0 Å². The van der Waals surface area contributed by atoms with Gasteiger partial charge in [-0.2, -0.15) is 0 Å². The van der Waals surface area contributed by atoms with E-state index in [2.05, 4.69) is 42.5 Å². The summed E-state index contributed by atoms with van der Waals surface area (Å²) < 4.78 is 0. The first-order valence-corrected chi connectivity index (χ1v) is 8.89. The van der Waals surface area contributed by atoms with Crippen LogP contribution in [0.15, 0.2) is 42.5 Å². The van der Waals surface area contributed by atoms with E-state index in [0.717, 1.165) is 19.3 Å². The van der Waals surface area contributed by atoms with E-state index >= 15 is 0 Å². The number of carboxylic acid groups (broad SMARTS) is 1. The third-order valence-corrected chi connectivity index (χ3v) is 4.97. The minimum Gasteiger partial charge on any atom is -0.481 e. The lowest BCUT2D eigenvalue weighted by Crippen LogP contribution is -1.94. The maximum Gasteiger partial charge on any atom is 0.303 e. The Morgan fingerprint density at radius 3 is 2.14 bits per heavy atom. The second-order valence-corrected chi connectivity index (χ2v) is 6.91. The number of benzene rings is 1. The SMILES string of the molecule is O=C(O)CCCc1ccc(CCCCCc2ccccc2)s1. The van der Waals surface area contributed by atoms with Crippen LogP contribution in [-0.4, -0.2) is 11.1 Å². The van der Waals surface area contributed by atoms with Crippen molar-refractivity contribution < 1.29 is 9.90 Å². The Kier molecular flexibility index (Phi) is 7.17. The smallest absolute Gasteiger partial charge is 0.303 e. The summed E-state index contributed by atoms with van der Waals surface area (Å²) in [6.07, 6.45) is 7.98. The molecule has 0 fully saturated rings. The Labute approximate surface area is 136 Å². The summed E-state index contributed by atoms with van der Waals surface area (Å²) in [5, 5.41) is 8.65. The highest BCUT2D eigenvalue weighted by atomic mass is 32.1. The molecule has 2 nitrogen and oxygen atoms in total. The molecule has 0 saturated carbocycles. The van der Waals surface area contributed by atoms with E-state index in [-0.39, 0.29) is 6.42 Å². The number of aryl methyl sites for hydroxylation is 3. The van der Waals surface area contributed by atoms with Gasteiger partial charge in [-0.15, -0.1) is 11.3 Å². The summed E-state index contributed by atoms with van der Waals surface area (Å²) in [6, 6.07) is 15.0. The first-order valence-electron chi connectivity index (χ1n) is 8.07. The van der Waals surface area contributed by atoms with Crippen molar-refractivity contribution >= 4 is 17.3 Å². The van der Waals surface area contributed by atoms with E-state index in [4.69, 9.17) is 5.11 Å².